The van der Waals surface area contributed by atoms with Crippen molar-refractivity contribution >= 4 is 32.8 Å². The molecule has 0 atom stereocenters. The molecule has 0 bridgehead atoms. The molecule has 0 aliphatic rings. The molecule has 0 saturated carbocycles. The Balaban J connectivity index is 0.00000792. The van der Waals surface area contributed by atoms with Gasteiger partial charge in [0.15, 0.2) is 0 Å². The maximum absolute atomic E-state index is 9.59. The summed E-state index contributed by atoms with van der Waals surface area (Å²) in [5, 5.41) is 1.80. The number of fused-ring (bicyclic) bond motifs is 4. The smallest absolute Gasteiger partial charge is 0.269 e. The third kappa shape index (κ3) is 10.3. The number of hydrogen-bond donors (Lipinski definition) is 0. The van der Waals surface area contributed by atoms with E-state index in [1.807, 2.05) is 117 Å². The van der Waals surface area contributed by atoms with Crippen LogP contribution < -0.4 is 9.30 Å². The quantitative estimate of drug-likeness (QED) is 0.107. The van der Waals surface area contributed by atoms with Crippen LogP contribution in [0.5, 0.6) is 11.5 Å². The summed E-state index contributed by atoms with van der Waals surface area (Å²) in [5.41, 5.74) is 5.74. The first-order chi connectivity index (χ1) is 37.3. The molecule has 7 heteroatoms. The molecule has 10 aromatic rings. The normalized spacial score (nSPS) is 14.6. The molecule has 0 saturated heterocycles. The summed E-state index contributed by atoms with van der Waals surface area (Å²) in [7, 11) is 0. The Kier molecular flexibility index (Phi) is 10.6. The molecule has 0 N–H and O–H groups in total. The van der Waals surface area contributed by atoms with Crippen molar-refractivity contribution in [2.24, 2.45) is 10.8 Å². The summed E-state index contributed by atoms with van der Waals surface area (Å²) >= 11 is 0. The minimum atomic E-state index is -2.02. The molecule has 10 rings (SSSR count). The molecule has 0 amide bonds. The second-order valence-corrected chi connectivity index (χ2v) is 22.4. The first-order valence-electron chi connectivity index (χ1n) is 28.7. The van der Waals surface area contributed by atoms with E-state index in [-0.39, 0.29) is 66.8 Å². The van der Waals surface area contributed by atoms with Gasteiger partial charge >= 0.3 is 0 Å². The van der Waals surface area contributed by atoms with Crippen molar-refractivity contribution in [3.05, 3.63) is 193 Å². The molecule has 0 aliphatic heterocycles. The first kappa shape index (κ1) is 39.9. The van der Waals surface area contributed by atoms with E-state index >= 15 is 0 Å². The maximum atomic E-state index is 9.59. The average molecular weight is 1140 g/mol. The van der Waals surface area contributed by atoms with Crippen molar-refractivity contribution in [2.75, 3.05) is 0 Å². The molecule has 4 heterocycles. The molecule has 0 aliphatic carbocycles. The van der Waals surface area contributed by atoms with Gasteiger partial charge in [0.2, 0.25) is 0 Å². The standard InChI is InChI=1S/C65H65N5O.Pt/c1-62(2,3)40-43-31-32-66-59(33-43)70-55-26-17-16-23-53(55)54-30-29-49(38-58(54)70)71-50-37-48(41-63(4,5)6)67-60(39-50)68-42-69(57-28-19-18-27-56(57)68)61-51(44-21-14-13-15-22-44)24-20-25-52(61)45-34-46(64(7,8)9)36-47(35-45)65(10,11)12;/h13-37H,40-41H2,1-12H3;/q-2;/i13D,14D,15D,21D,22D,40D2,41D2;. The number of nitrogens with zero attached hydrogens (tertiary/aromatic N) is 5. The van der Waals surface area contributed by atoms with Crippen LogP contribution in [0.4, 0.5) is 0 Å². The number of aromatic nitrogens is 5. The molecule has 0 unspecified atom stereocenters. The van der Waals surface area contributed by atoms with Crippen molar-refractivity contribution in [1.82, 2.24) is 19.1 Å². The molecule has 368 valence electrons. The number of para-hydroxylation sites is 4. The topological polar surface area (TPSA) is 48.8 Å². The van der Waals surface area contributed by atoms with Gasteiger partial charge in [-0.05, 0) is 108 Å². The van der Waals surface area contributed by atoms with Gasteiger partial charge in [-0.3, -0.25) is 14.1 Å². The van der Waals surface area contributed by atoms with Gasteiger partial charge in [-0.2, -0.15) is 12.1 Å². The Morgan fingerprint density at radius 3 is 1.96 bits per heavy atom. The zero-order valence-corrected chi connectivity index (χ0v) is 45.3. The third-order valence-electron chi connectivity index (χ3n) is 12.3. The first-order valence-corrected chi connectivity index (χ1v) is 24.2. The van der Waals surface area contributed by atoms with E-state index in [0.717, 1.165) is 33.0 Å². The van der Waals surface area contributed by atoms with Crippen LogP contribution in [0.15, 0.2) is 152 Å². The predicted octanol–water partition coefficient (Wildman–Crippen LogP) is 16.1. The molecule has 0 spiro atoms. The second-order valence-electron chi connectivity index (χ2n) is 22.4. The summed E-state index contributed by atoms with van der Waals surface area (Å²) in [6.45, 7) is 24.1. The minimum Gasteiger partial charge on any atom is -0.522 e. The number of benzene rings is 6. The summed E-state index contributed by atoms with van der Waals surface area (Å²) in [4.78, 5) is 9.81. The van der Waals surface area contributed by atoms with Crippen LogP contribution in [0.25, 0.3) is 72.4 Å². The zero-order valence-electron chi connectivity index (χ0n) is 52.0. The van der Waals surface area contributed by atoms with Gasteiger partial charge in [0.25, 0.3) is 6.33 Å². The van der Waals surface area contributed by atoms with Crippen LogP contribution in [-0.4, -0.2) is 19.1 Å². The van der Waals surface area contributed by atoms with E-state index in [9.17, 15) is 5.48 Å². The molecule has 4 aromatic heterocycles. The van der Waals surface area contributed by atoms with Gasteiger partial charge in [-0.25, -0.2) is 4.98 Å². The number of hydrogen-bond acceptors (Lipinski definition) is 3. The van der Waals surface area contributed by atoms with E-state index in [1.165, 1.54) is 0 Å². The summed E-state index contributed by atoms with van der Waals surface area (Å²) in [5.74, 6) is 1.09. The summed E-state index contributed by atoms with van der Waals surface area (Å²) in [6, 6.07) is 41.2. The monoisotopic (exact) mass is 1140 g/mol. The van der Waals surface area contributed by atoms with E-state index in [1.54, 1.807) is 41.1 Å². The second kappa shape index (κ2) is 19.1. The Bertz CT molecular complexity index is 4060. The Labute approximate surface area is 453 Å². The van der Waals surface area contributed by atoms with Crippen molar-refractivity contribution in [3.63, 3.8) is 0 Å². The molecular formula is C65H65N5OPt-2. The molecular weight excluding hydrogens is 1060 g/mol. The number of ether oxygens (including phenoxy) is 1. The molecule has 6 nitrogen and oxygen atoms in total. The van der Waals surface area contributed by atoms with E-state index in [4.69, 9.17) is 21.6 Å². The van der Waals surface area contributed by atoms with Crippen molar-refractivity contribution in [1.29, 1.82) is 0 Å². The van der Waals surface area contributed by atoms with Crippen LogP contribution >= 0.6 is 0 Å². The van der Waals surface area contributed by atoms with Crippen LogP contribution in [0.1, 0.15) is 118 Å². The van der Waals surface area contributed by atoms with E-state index < -0.39 is 41.7 Å². The number of imidazole rings is 1. The van der Waals surface area contributed by atoms with Crippen LogP contribution in [0.2, 0.25) is 0 Å². The fraction of sp³-hybridized carbons (Fsp3) is 0.277. The van der Waals surface area contributed by atoms with Crippen molar-refractivity contribution in [2.45, 2.75) is 107 Å². The maximum Gasteiger partial charge on any atom is 0.269 e. The van der Waals surface area contributed by atoms with Crippen LogP contribution in [-0.2, 0) is 44.6 Å². The predicted molar refractivity (Wildman–Crippen MR) is 292 cm³/mol. The molecule has 0 fully saturated rings. The molecule has 6 aromatic carbocycles. The average Bonchev–Trinajstić information content (AvgIpc) is 4.19. The third-order valence-corrected chi connectivity index (χ3v) is 12.3. The van der Waals surface area contributed by atoms with Crippen molar-refractivity contribution in [3.8, 4) is 51.1 Å². The SMILES string of the molecule is [2H]c1c([2H])c([2H])c(-c2cccc(-c3cc(C(C)(C)C)cc(C(C)(C)C)c3)c2-[n+]2[c-]n(-c3[c-]c(Oc4[c-]c5c(cc4)c4ccccc4n5-c4cc(C([2H])([2H])C(C)(C)C)ccn4)cc(C([2H])([2H])C(C)(C)C)n3)c3ccccc32)c([2H])c1[2H].[Pt]. The summed E-state index contributed by atoms with van der Waals surface area (Å²) < 4.78 is 94.3. The van der Waals surface area contributed by atoms with Gasteiger partial charge in [0, 0.05) is 44.0 Å². The van der Waals surface area contributed by atoms with Crippen LogP contribution in [0.3, 0.4) is 0 Å². The Hall–Kier alpha value is -6.62. The minimum absolute atomic E-state index is 0. The van der Waals surface area contributed by atoms with Crippen LogP contribution in [0, 0.1) is 29.3 Å². The van der Waals surface area contributed by atoms with Gasteiger partial charge in [0.1, 0.15) is 5.82 Å². The zero-order chi connectivity index (χ0) is 58.0. The Morgan fingerprint density at radius 1 is 0.625 bits per heavy atom. The Morgan fingerprint density at radius 2 is 1.28 bits per heavy atom. The number of rotatable bonds is 9. The van der Waals surface area contributed by atoms with Crippen molar-refractivity contribution < 1.29 is 42.7 Å². The molecule has 0 radical (unpaired) electrons. The number of pyridine rings is 2. The fourth-order valence-corrected chi connectivity index (χ4v) is 9.03. The largest absolute Gasteiger partial charge is 0.522 e. The van der Waals surface area contributed by atoms with Gasteiger partial charge in [-0.15, -0.1) is 23.6 Å². The van der Waals surface area contributed by atoms with Gasteiger partial charge in [0.05, 0.1) is 29.4 Å². The molecule has 72 heavy (non-hydrogen) atoms. The van der Waals surface area contributed by atoms with E-state index in [2.05, 4.69) is 78.2 Å². The van der Waals surface area contributed by atoms with Gasteiger partial charge < -0.3 is 9.30 Å². The van der Waals surface area contributed by atoms with E-state index in [0.29, 0.717) is 50.5 Å². The fourth-order valence-electron chi connectivity index (χ4n) is 9.03. The van der Waals surface area contributed by atoms with Gasteiger partial charge in [-0.1, -0.05) is 198 Å². The summed E-state index contributed by atoms with van der Waals surface area (Å²) in [6.07, 6.45) is 1.50.